The normalized spacial score (nSPS) is 26.5. The van der Waals surface area contributed by atoms with Gasteiger partial charge in [-0.1, -0.05) is 102 Å². The predicted molar refractivity (Wildman–Crippen MR) is 99.3 cm³/mol. The fourth-order valence-corrected chi connectivity index (χ4v) is 4.60. The van der Waals surface area contributed by atoms with E-state index in [2.05, 4.69) is 12.2 Å². The standard InChI is InChI=1S/C22H40/c1-2-6-10-14-18-22(19-15-11-7-3-1)20-16-12-8-4-5-9-13-17-21-22/h14,18H,1-13,15-17,19-21H2. The highest BCUT2D eigenvalue weighted by molar-refractivity contribution is 5.00. The van der Waals surface area contributed by atoms with Crippen LogP contribution in [0.3, 0.4) is 0 Å². The van der Waals surface area contributed by atoms with Crippen LogP contribution in [0.4, 0.5) is 0 Å². The first-order valence-corrected chi connectivity index (χ1v) is 10.6. The minimum Gasteiger partial charge on any atom is -0.0880 e. The van der Waals surface area contributed by atoms with Gasteiger partial charge in [-0.2, -0.15) is 0 Å². The van der Waals surface area contributed by atoms with Crippen LogP contribution in [0, 0.1) is 5.41 Å². The molecule has 0 heteroatoms. The Morgan fingerprint density at radius 2 is 0.773 bits per heavy atom. The van der Waals surface area contributed by atoms with Crippen LogP contribution in [0.1, 0.15) is 122 Å². The third kappa shape index (κ3) is 7.34. The molecule has 0 atom stereocenters. The maximum absolute atomic E-state index is 2.70. The van der Waals surface area contributed by atoms with Gasteiger partial charge in [-0.15, -0.1) is 0 Å². The van der Waals surface area contributed by atoms with Crippen molar-refractivity contribution < 1.29 is 0 Å². The molecule has 128 valence electrons. The first-order chi connectivity index (χ1) is 10.9. The van der Waals surface area contributed by atoms with Crippen molar-refractivity contribution in [2.24, 2.45) is 5.41 Å². The van der Waals surface area contributed by atoms with E-state index >= 15 is 0 Å². The highest BCUT2D eigenvalue weighted by Crippen LogP contribution is 2.39. The molecule has 0 radical (unpaired) electrons. The van der Waals surface area contributed by atoms with Gasteiger partial charge in [0.25, 0.3) is 0 Å². The summed E-state index contributed by atoms with van der Waals surface area (Å²) in [6, 6.07) is 0. The van der Waals surface area contributed by atoms with Crippen molar-refractivity contribution in [3.63, 3.8) is 0 Å². The molecule has 0 aromatic heterocycles. The average molecular weight is 305 g/mol. The zero-order chi connectivity index (χ0) is 15.3. The highest BCUT2D eigenvalue weighted by atomic mass is 14.3. The second-order valence-electron chi connectivity index (χ2n) is 8.11. The quantitative estimate of drug-likeness (QED) is 0.398. The van der Waals surface area contributed by atoms with Crippen molar-refractivity contribution >= 4 is 0 Å². The maximum Gasteiger partial charge on any atom is -0.0118 e. The Bertz CT molecular complexity index is 276. The SMILES string of the molecule is C1=CC2(CCCCCCCCC1)CCCCCCCCCC2. The molecule has 0 aromatic carbocycles. The largest absolute Gasteiger partial charge is 0.0880 e. The summed E-state index contributed by atoms with van der Waals surface area (Å²) in [5.74, 6) is 0. The Morgan fingerprint density at radius 3 is 1.23 bits per heavy atom. The minimum absolute atomic E-state index is 0.573. The summed E-state index contributed by atoms with van der Waals surface area (Å²) in [5, 5.41) is 0. The van der Waals surface area contributed by atoms with Crippen LogP contribution in [-0.4, -0.2) is 0 Å². The van der Waals surface area contributed by atoms with Crippen molar-refractivity contribution in [2.45, 2.75) is 122 Å². The molecule has 0 nitrogen and oxygen atoms in total. The third-order valence-electron chi connectivity index (χ3n) is 6.12. The molecular formula is C22H40. The average Bonchev–Trinajstić information content (AvgIpc) is 2.57. The van der Waals surface area contributed by atoms with Crippen molar-refractivity contribution in [2.75, 3.05) is 0 Å². The fourth-order valence-electron chi connectivity index (χ4n) is 4.60. The molecule has 1 saturated carbocycles. The lowest BCUT2D eigenvalue weighted by molar-refractivity contribution is 0.266. The van der Waals surface area contributed by atoms with Gasteiger partial charge in [0.15, 0.2) is 0 Å². The second kappa shape index (κ2) is 11.3. The smallest absolute Gasteiger partial charge is 0.0118 e. The molecule has 1 fully saturated rings. The summed E-state index contributed by atoms with van der Waals surface area (Å²) < 4.78 is 0. The van der Waals surface area contributed by atoms with Gasteiger partial charge in [-0.25, -0.2) is 0 Å². The lowest BCUT2D eigenvalue weighted by Gasteiger charge is -2.32. The molecule has 0 saturated heterocycles. The molecule has 0 amide bonds. The minimum atomic E-state index is 0.573. The van der Waals surface area contributed by atoms with Crippen molar-refractivity contribution in [1.82, 2.24) is 0 Å². The summed E-state index contributed by atoms with van der Waals surface area (Å²) in [6.07, 6.45) is 33.2. The van der Waals surface area contributed by atoms with Crippen molar-refractivity contribution in [3.8, 4) is 0 Å². The van der Waals surface area contributed by atoms with Gasteiger partial charge in [-0.05, 0) is 37.5 Å². The van der Waals surface area contributed by atoms with Crippen LogP contribution in [0.5, 0.6) is 0 Å². The molecule has 22 heavy (non-hydrogen) atoms. The van der Waals surface area contributed by atoms with Gasteiger partial charge in [0.2, 0.25) is 0 Å². The molecule has 0 N–H and O–H groups in total. The van der Waals surface area contributed by atoms with Gasteiger partial charge in [-0.3, -0.25) is 0 Å². The van der Waals surface area contributed by atoms with E-state index in [-0.39, 0.29) is 0 Å². The van der Waals surface area contributed by atoms with E-state index < -0.39 is 0 Å². The van der Waals surface area contributed by atoms with Crippen LogP contribution in [0.2, 0.25) is 0 Å². The van der Waals surface area contributed by atoms with Gasteiger partial charge in [0, 0.05) is 0 Å². The second-order valence-corrected chi connectivity index (χ2v) is 8.11. The van der Waals surface area contributed by atoms with Gasteiger partial charge >= 0.3 is 0 Å². The Kier molecular flexibility index (Phi) is 9.29. The van der Waals surface area contributed by atoms with E-state index in [1.807, 2.05) is 0 Å². The van der Waals surface area contributed by atoms with E-state index in [1.54, 1.807) is 0 Å². The van der Waals surface area contributed by atoms with E-state index in [0.29, 0.717) is 5.41 Å². The van der Waals surface area contributed by atoms with E-state index in [9.17, 15) is 0 Å². The van der Waals surface area contributed by atoms with E-state index in [0.717, 1.165) is 0 Å². The first-order valence-electron chi connectivity index (χ1n) is 10.6. The lowest BCUT2D eigenvalue weighted by atomic mass is 9.73. The summed E-state index contributed by atoms with van der Waals surface area (Å²) in [7, 11) is 0. The lowest BCUT2D eigenvalue weighted by Crippen LogP contribution is -2.18. The molecule has 0 heterocycles. The Balaban J connectivity index is 1.97. The molecule has 1 spiro atoms. The molecule has 0 aromatic rings. The Morgan fingerprint density at radius 1 is 0.409 bits per heavy atom. The highest BCUT2D eigenvalue weighted by Gasteiger charge is 2.25. The molecule has 2 rings (SSSR count). The molecule has 2 aliphatic carbocycles. The van der Waals surface area contributed by atoms with Crippen LogP contribution in [0.15, 0.2) is 12.2 Å². The van der Waals surface area contributed by atoms with Crippen LogP contribution in [-0.2, 0) is 0 Å². The molecule has 0 unspecified atom stereocenters. The van der Waals surface area contributed by atoms with Gasteiger partial charge in [0.05, 0.1) is 0 Å². The summed E-state index contributed by atoms with van der Waals surface area (Å²) in [5.41, 5.74) is 0.573. The topological polar surface area (TPSA) is 0 Å². The zero-order valence-corrected chi connectivity index (χ0v) is 15.1. The van der Waals surface area contributed by atoms with Crippen LogP contribution < -0.4 is 0 Å². The van der Waals surface area contributed by atoms with Crippen molar-refractivity contribution in [1.29, 1.82) is 0 Å². The summed E-state index contributed by atoms with van der Waals surface area (Å²) in [4.78, 5) is 0. The van der Waals surface area contributed by atoms with E-state index in [4.69, 9.17) is 0 Å². The molecule has 0 aliphatic heterocycles. The summed E-state index contributed by atoms with van der Waals surface area (Å²) >= 11 is 0. The maximum atomic E-state index is 2.70. The predicted octanol–water partition coefficient (Wildman–Crippen LogP) is 7.97. The number of hydrogen-bond acceptors (Lipinski definition) is 0. The van der Waals surface area contributed by atoms with Gasteiger partial charge in [0.1, 0.15) is 0 Å². The van der Waals surface area contributed by atoms with Crippen molar-refractivity contribution in [3.05, 3.63) is 12.2 Å². The Labute approximate surface area is 140 Å². The number of hydrogen-bond donors (Lipinski definition) is 0. The molecular weight excluding hydrogens is 264 g/mol. The number of rotatable bonds is 0. The summed E-state index contributed by atoms with van der Waals surface area (Å²) in [6.45, 7) is 0. The molecule has 2 aliphatic rings. The molecule has 0 bridgehead atoms. The van der Waals surface area contributed by atoms with E-state index in [1.165, 1.54) is 122 Å². The monoisotopic (exact) mass is 304 g/mol. The fraction of sp³-hybridized carbons (Fsp3) is 0.909. The third-order valence-corrected chi connectivity index (χ3v) is 6.12. The number of allylic oxidation sites excluding steroid dienone is 2. The van der Waals surface area contributed by atoms with Crippen LogP contribution in [0.25, 0.3) is 0 Å². The first kappa shape index (κ1) is 18.1. The van der Waals surface area contributed by atoms with Crippen LogP contribution >= 0.6 is 0 Å². The Hall–Kier alpha value is -0.260. The zero-order valence-electron chi connectivity index (χ0n) is 15.1. The van der Waals surface area contributed by atoms with Gasteiger partial charge < -0.3 is 0 Å².